The molecule has 3 nitrogen and oxygen atoms in total. The summed E-state index contributed by atoms with van der Waals surface area (Å²) in [6, 6.07) is 4.96. The molecule has 0 radical (unpaired) electrons. The number of nitrogens with one attached hydrogen (secondary N) is 2. The second-order valence-electron chi connectivity index (χ2n) is 5.44. The largest absolute Gasteiger partial charge is 0.496 e. The molecule has 0 saturated carbocycles. The minimum atomic E-state index is 0.728. The monoisotopic (exact) mass is 262 g/mol. The van der Waals surface area contributed by atoms with Crippen molar-refractivity contribution >= 4 is 0 Å². The number of rotatable bonds is 6. The van der Waals surface area contributed by atoms with Crippen LogP contribution in [0, 0.1) is 13.8 Å². The highest BCUT2D eigenvalue weighted by Gasteiger charge is 2.13. The van der Waals surface area contributed by atoms with Gasteiger partial charge in [0.1, 0.15) is 5.75 Å². The van der Waals surface area contributed by atoms with Gasteiger partial charge in [0.05, 0.1) is 7.11 Å². The molecule has 0 aromatic heterocycles. The van der Waals surface area contributed by atoms with Crippen LogP contribution in [-0.2, 0) is 6.54 Å². The van der Waals surface area contributed by atoms with Gasteiger partial charge in [0, 0.05) is 12.6 Å². The summed E-state index contributed by atoms with van der Waals surface area (Å²) in [4.78, 5) is 0. The van der Waals surface area contributed by atoms with Crippen molar-refractivity contribution in [2.75, 3.05) is 20.2 Å². The van der Waals surface area contributed by atoms with Crippen molar-refractivity contribution in [2.45, 2.75) is 45.7 Å². The molecular formula is C16H26N2O. The lowest BCUT2D eigenvalue weighted by molar-refractivity contribution is 0.411. The van der Waals surface area contributed by atoms with E-state index < -0.39 is 0 Å². The molecule has 1 aliphatic rings. The van der Waals surface area contributed by atoms with Crippen LogP contribution in [0.15, 0.2) is 12.1 Å². The zero-order valence-electron chi connectivity index (χ0n) is 12.4. The van der Waals surface area contributed by atoms with Crippen LogP contribution in [0.1, 0.15) is 36.0 Å². The van der Waals surface area contributed by atoms with E-state index in [0.717, 1.165) is 24.9 Å². The highest BCUT2D eigenvalue weighted by atomic mass is 16.5. The molecular weight excluding hydrogens is 236 g/mol. The fourth-order valence-corrected chi connectivity index (χ4v) is 2.77. The zero-order valence-corrected chi connectivity index (χ0v) is 12.4. The SMILES string of the molecule is COc1ccc(CNCCC2CCCN2)c(C)c1C. The highest BCUT2D eigenvalue weighted by molar-refractivity contribution is 5.43. The predicted octanol–water partition coefficient (Wildman–Crippen LogP) is 2.54. The predicted molar refractivity (Wildman–Crippen MR) is 79.8 cm³/mol. The Kier molecular flexibility index (Phi) is 5.23. The molecule has 1 aromatic carbocycles. The molecule has 0 amide bonds. The molecule has 2 N–H and O–H groups in total. The molecule has 1 fully saturated rings. The maximum atomic E-state index is 5.35. The molecule has 2 rings (SSSR count). The number of benzene rings is 1. The van der Waals surface area contributed by atoms with E-state index in [0.29, 0.717) is 0 Å². The van der Waals surface area contributed by atoms with Crippen molar-refractivity contribution in [2.24, 2.45) is 0 Å². The Morgan fingerprint density at radius 2 is 2.16 bits per heavy atom. The quantitative estimate of drug-likeness (QED) is 0.773. The Hall–Kier alpha value is -1.06. The van der Waals surface area contributed by atoms with Gasteiger partial charge in [0.25, 0.3) is 0 Å². The number of hydrogen-bond acceptors (Lipinski definition) is 3. The van der Waals surface area contributed by atoms with E-state index in [1.54, 1.807) is 7.11 Å². The van der Waals surface area contributed by atoms with Crippen molar-refractivity contribution in [1.82, 2.24) is 10.6 Å². The van der Waals surface area contributed by atoms with Gasteiger partial charge >= 0.3 is 0 Å². The fraction of sp³-hybridized carbons (Fsp3) is 0.625. The third-order valence-corrected chi connectivity index (χ3v) is 4.22. The van der Waals surface area contributed by atoms with E-state index in [9.17, 15) is 0 Å². The van der Waals surface area contributed by atoms with Crippen LogP contribution >= 0.6 is 0 Å². The molecule has 1 aliphatic heterocycles. The lowest BCUT2D eigenvalue weighted by Crippen LogP contribution is -2.27. The van der Waals surface area contributed by atoms with Crippen LogP contribution in [0.3, 0.4) is 0 Å². The van der Waals surface area contributed by atoms with E-state index >= 15 is 0 Å². The van der Waals surface area contributed by atoms with Gasteiger partial charge in [-0.25, -0.2) is 0 Å². The summed E-state index contributed by atoms with van der Waals surface area (Å²) in [6.45, 7) is 7.53. The average Bonchev–Trinajstić information content (AvgIpc) is 2.92. The molecule has 1 aromatic rings. The van der Waals surface area contributed by atoms with Gasteiger partial charge in [-0.05, 0) is 69.0 Å². The lowest BCUT2D eigenvalue weighted by Gasteiger charge is -2.14. The molecule has 1 heterocycles. The summed E-state index contributed by atoms with van der Waals surface area (Å²) in [5, 5.41) is 7.09. The van der Waals surface area contributed by atoms with Crippen LogP contribution in [0.25, 0.3) is 0 Å². The molecule has 0 bridgehead atoms. The second kappa shape index (κ2) is 6.92. The zero-order chi connectivity index (χ0) is 13.7. The van der Waals surface area contributed by atoms with E-state index in [2.05, 4.69) is 36.6 Å². The van der Waals surface area contributed by atoms with Gasteiger partial charge in [0.2, 0.25) is 0 Å². The molecule has 1 unspecified atom stereocenters. The van der Waals surface area contributed by atoms with Crippen molar-refractivity contribution in [3.8, 4) is 5.75 Å². The van der Waals surface area contributed by atoms with Crippen molar-refractivity contribution in [3.05, 3.63) is 28.8 Å². The molecule has 1 saturated heterocycles. The number of ether oxygens (including phenoxy) is 1. The van der Waals surface area contributed by atoms with Gasteiger partial charge in [-0.1, -0.05) is 6.07 Å². The third kappa shape index (κ3) is 3.71. The van der Waals surface area contributed by atoms with Gasteiger partial charge in [-0.15, -0.1) is 0 Å². The van der Waals surface area contributed by atoms with Crippen molar-refractivity contribution in [1.29, 1.82) is 0 Å². The average molecular weight is 262 g/mol. The molecule has 3 heteroatoms. The smallest absolute Gasteiger partial charge is 0.122 e. The molecule has 106 valence electrons. The maximum absolute atomic E-state index is 5.35. The fourth-order valence-electron chi connectivity index (χ4n) is 2.77. The summed E-state index contributed by atoms with van der Waals surface area (Å²) in [5.74, 6) is 0.983. The standard InChI is InChI=1S/C16H26N2O/c1-12-13(2)16(19-3)7-6-14(12)11-17-10-8-15-5-4-9-18-15/h6-7,15,17-18H,4-5,8-11H2,1-3H3. The van der Waals surface area contributed by atoms with E-state index in [4.69, 9.17) is 4.74 Å². The minimum absolute atomic E-state index is 0.728. The maximum Gasteiger partial charge on any atom is 0.122 e. The third-order valence-electron chi connectivity index (χ3n) is 4.22. The van der Waals surface area contributed by atoms with Crippen LogP contribution in [0.4, 0.5) is 0 Å². The summed E-state index contributed by atoms with van der Waals surface area (Å²) in [7, 11) is 1.73. The summed E-state index contributed by atoms with van der Waals surface area (Å²) in [5.41, 5.74) is 3.96. The minimum Gasteiger partial charge on any atom is -0.496 e. The summed E-state index contributed by atoms with van der Waals surface area (Å²) >= 11 is 0. The van der Waals surface area contributed by atoms with E-state index in [1.807, 2.05) is 0 Å². The van der Waals surface area contributed by atoms with Crippen LogP contribution < -0.4 is 15.4 Å². The second-order valence-corrected chi connectivity index (χ2v) is 5.44. The van der Waals surface area contributed by atoms with Crippen LogP contribution in [0.2, 0.25) is 0 Å². The normalized spacial score (nSPS) is 18.8. The Balaban J connectivity index is 1.80. The molecule has 1 atom stereocenters. The first-order valence-corrected chi connectivity index (χ1v) is 7.29. The first kappa shape index (κ1) is 14.4. The Morgan fingerprint density at radius 3 is 2.84 bits per heavy atom. The summed E-state index contributed by atoms with van der Waals surface area (Å²) < 4.78 is 5.35. The van der Waals surface area contributed by atoms with Gasteiger partial charge < -0.3 is 15.4 Å². The van der Waals surface area contributed by atoms with E-state index in [-0.39, 0.29) is 0 Å². The van der Waals surface area contributed by atoms with Gasteiger partial charge in [-0.3, -0.25) is 0 Å². The highest BCUT2D eigenvalue weighted by Crippen LogP contribution is 2.23. The topological polar surface area (TPSA) is 33.3 Å². The van der Waals surface area contributed by atoms with Gasteiger partial charge in [-0.2, -0.15) is 0 Å². The Morgan fingerprint density at radius 1 is 1.32 bits per heavy atom. The molecule has 0 aliphatic carbocycles. The molecule has 0 spiro atoms. The van der Waals surface area contributed by atoms with Crippen molar-refractivity contribution in [3.63, 3.8) is 0 Å². The van der Waals surface area contributed by atoms with Gasteiger partial charge in [0.15, 0.2) is 0 Å². The van der Waals surface area contributed by atoms with Crippen LogP contribution in [0.5, 0.6) is 5.75 Å². The van der Waals surface area contributed by atoms with Crippen LogP contribution in [-0.4, -0.2) is 26.2 Å². The summed E-state index contributed by atoms with van der Waals surface area (Å²) in [6.07, 6.45) is 3.90. The number of hydrogen-bond donors (Lipinski definition) is 2. The van der Waals surface area contributed by atoms with Crippen molar-refractivity contribution < 1.29 is 4.74 Å². The van der Waals surface area contributed by atoms with E-state index in [1.165, 1.54) is 42.5 Å². The first-order chi connectivity index (χ1) is 9.22. The number of methoxy groups -OCH3 is 1. The Bertz CT molecular complexity index is 411. The molecule has 19 heavy (non-hydrogen) atoms. The lowest BCUT2D eigenvalue weighted by atomic mass is 10.0. The Labute approximate surface area is 116 Å². The first-order valence-electron chi connectivity index (χ1n) is 7.29.